The maximum absolute atomic E-state index is 12.0. The van der Waals surface area contributed by atoms with Crippen molar-refractivity contribution in [1.29, 1.82) is 0 Å². The van der Waals surface area contributed by atoms with Crippen molar-refractivity contribution in [2.45, 2.75) is 36.6 Å². The van der Waals surface area contributed by atoms with Crippen molar-refractivity contribution in [3.8, 4) is 0 Å². The molecule has 1 aliphatic rings. The molecule has 0 aliphatic heterocycles. The molecule has 7 nitrogen and oxygen atoms in total. The van der Waals surface area contributed by atoms with E-state index in [1.165, 1.54) is 12.5 Å². The predicted octanol–water partition coefficient (Wildman–Crippen LogP) is -0.797. The molecule has 3 unspecified atom stereocenters. The highest BCUT2D eigenvalue weighted by molar-refractivity contribution is 7.89. The minimum atomic E-state index is -3.63. The summed E-state index contributed by atoms with van der Waals surface area (Å²) < 4.78 is 33.6. The Morgan fingerprint density at radius 1 is 1.67 bits per heavy atom. The van der Waals surface area contributed by atoms with Gasteiger partial charge in [-0.1, -0.05) is 0 Å². The molecule has 102 valence electrons. The van der Waals surface area contributed by atoms with Crippen LogP contribution >= 0.6 is 0 Å². The van der Waals surface area contributed by atoms with Gasteiger partial charge < -0.3 is 15.0 Å². The second-order valence-electron chi connectivity index (χ2n) is 4.42. The van der Waals surface area contributed by atoms with Gasteiger partial charge in [-0.3, -0.25) is 0 Å². The fourth-order valence-electron chi connectivity index (χ4n) is 1.96. The molecule has 1 heterocycles. The monoisotopic (exact) mass is 274 g/mol. The van der Waals surface area contributed by atoms with Gasteiger partial charge in [0.05, 0.1) is 18.5 Å². The third kappa shape index (κ3) is 2.56. The highest BCUT2D eigenvalue weighted by Gasteiger charge is 2.42. The summed E-state index contributed by atoms with van der Waals surface area (Å²) in [4.78, 5) is 3.83. The number of hydrogen-bond donors (Lipinski definition) is 2. The highest BCUT2D eigenvalue weighted by Crippen LogP contribution is 2.24. The number of hydrogen-bond acceptors (Lipinski definition) is 5. The van der Waals surface area contributed by atoms with Crippen LogP contribution in [0, 0.1) is 0 Å². The second kappa shape index (κ2) is 4.96. The summed E-state index contributed by atoms with van der Waals surface area (Å²) in [7, 11) is -1.91. The number of ether oxygens (including phenoxy) is 1. The van der Waals surface area contributed by atoms with Gasteiger partial charge in [-0.25, -0.2) is 18.1 Å². The van der Waals surface area contributed by atoms with E-state index in [0.29, 0.717) is 13.0 Å². The van der Waals surface area contributed by atoms with Crippen LogP contribution < -0.4 is 10.5 Å². The first-order valence-electron chi connectivity index (χ1n) is 5.81. The van der Waals surface area contributed by atoms with Crippen LogP contribution in [0.1, 0.15) is 13.3 Å². The molecule has 0 spiro atoms. The van der Waals surface area contributed by atoms with Gasteiger partial charge in [-0.05, 0) is 13.3 Å². The van der Waals surface area contributed by atoms with E-state index >= 15 is 0 Å². The van der Waals surface area contributed by atoms with Crippen LogP contribution in [0.25, 0.3) is 0 Å². The van der Waals surface area contributed by atoms with E-state index in [2.05, 4.69) is 9.71 Å². The van der Waals surface area contributed by atoms with E-state index in [4.69, 9.17) is 10.5 Å². The Labute approximate surface area is 106 Å². The lowest BCUT2D eigenvalue weighted by molar-refractivity contribution is -0.0248. The number of aryl methyl sites for hydroxylation is 1. The molecule has 0 saturated heterocycles. The number of nitrogens with two attached hydrogens (primary N) is 1. The van der Waals surface area contributed by atoms with E-state index < -0.39 is 10.0 Å². The van der Waals surface area contributed by atoms with Crippen LogP contribution in [-0.4, -0.2) is 42.8 Å². The van der Waals surface area contributed by atoms with Gasteiger partial charge in [0.25, 0.3) is 10.0 Å². The molecule has 3 atom stereocenters. The first-order valence-corrected chi connectivity index (χ1v) is 7.30. The molecule has 0 aromatic carbocycles. The van der Waals surface area contributed by atoms with E-state index in [-0.39, 0.29) is 23.2 Å². The van der Waals surface area contributed by atoms with Gasteiger partial charge in [0.1, 0.15) is 0 Å². The SMILES string of the molecule is CCOC1CC(N)C1NS(=O)(=O)c1cn(C)cn1. The lowest BCUT2D eigenvalue weighted by atomic mass is 9.84. The fourth-order valence-corrected chi connectivity index (χ4v) is 3.25. The van der Waals surface area contributed by atoms with E-state index in [1.54, 1.807) is 11.6 Å². The summed E-state index contributed by atoms with van der Waals surface area (Å²) in [5.74, 6) is 0. The van der Waals surface area contributed by atoms with Crippen molar-refractivity contribution in [2.75, 3.05) is 6.61 Å². The third-order valence-electron chi connectivity index (χ3n) is 2.99. The first kappa shape index (κ1) is 13.5. The zero-order chi connectivity index (χ0) is 13.3. The number of nitrogens with zero attached hydrogens (tertiary/aromatic N) is 2. The van der Waals surface area contributed by atoms with Gasteiger partial charge in [0.15, 0.2) is 5.03 Å². The van der Waals surface area contributed by atoms with Gasteiger partial charge in [0, 0.05) is 25.9 Å². The zero-order valence-electron chi connectivity index (χ0n) is 10.4. The minimum absolute atomic E-state index is 0.000603. The van der Waals surface area contributed by atoms with Crippen molar-refractivity contribution in [3.63, 3.8) is 0 Å². The Hall–Kier alpha value is -0.960. The number of rotatable bonds is 5. The highest BCUT2D eigenvalue weighted by atomic mass is 32.2. The lowest BCUT2D eigenvalue weighted by Gasteiger charge is -2.41. The van der Waals surface area contributed by atoms with Gasteiger partial charge >= 0.3 is 0 Å². The van der Waals surface area contributed by atoms with Crippen molar-refractivity contribution in [3.05, 3.63) is 12.5 Å². The Bertz CT molecular complexity index is 511. The normalized spacial score (nSPS) is 28.1. The molecule has 1 aliphatic carbocycles. The van der Waals surface area contributed by atoms with Crippen LogP contribution in [0.5, 0.6) is 0 Å². The molecule has 8 heteroatoms. The molecule has 0 radical (unpaired) electrons. The maximum Gasteiger partial charge on any atom is 0.259 e. The van der Waals surface area contributed by atoms with E-state index in [0.717, 1.165) is 0 Å². The predicted molar refractivity (Wildman–Crippen MR) is 65.3 cm³/mol. The molecule has 1 saturated carbocycles. The van der Waals surface area contributed by atoms with Gasteiger partial charge in [0.2, 0.25) is 0 Å². The summed E-state index contributed by atoms with van der Waals surface area (Å²) in [6.45, 7) is 2.41. The van der Waals surface area contributed by atoms with Crippen LogP contribution in [-0.2, 0) is 21.8 Å². The Morgan fingerprint density at radius 2 is 2.39 bits per heavy atom. The Kier molecular flexibility index (Phi) is 3.71. The first-order chi connectivity index (χ1) is 8.44. The maximum atomic E-state index is 12.0. The zero-order valence-corrected chi connectivity index (χ0v) is 11.2. The van der Waals surface area contributed by atoms with Crippen LogP contribution in [0.3, 0.4) is 0 Å². The molecule has 0 amide bonds. The van der Waals surface area contributed by atoms with E-state index in [1.807, 2.05) is 6.92 Å². The molecular weight excluding hydrogens is 256 g/mol. The largest absolute Gasteiger partial charge is 0.377 e. The number of nitrogens with one attached hydrogen (secondary N) is 1. The lowest BCUT2D eigenvalue weighted by Crippen LogP contribution is -2.64. The molecule has 1 aromatic heterocycles. The quantitative estimate of drug-likeness (QED) is 0.732. The molecular formula is C10H18N4O3S. The van der Waals surface area contributed by atoms with Crippen molar-refractivity contribution in [2.24, 2.45) is 12.8 Å². The number of sulfonamides is 1. The summed E-state index contributed by atoms with van der Waals surface area (Å²) >= 11 is 0. The Morgan fingerprint density at radius 3 is 2.89 bits per heavy atom. The van der Waals surface area contributed by atoms with Crippen molar-refractivity contribution in [1.82, 2.24) is 14.3 Å². The second-order valence-corrected chi connectivity index (χ2v) is 6.08. The van der Waals surface area contributed by atoms with Gasteiger partial charge in [-0.2, -0.15) is 0 Å². The summed E-state index contributed by atoms with van der Waals surface area (Å²) in [5, 5.41) is -0.000603. The fraction of sp³-hybridized carbons (Fsp3) is 0.700. The molecule has 1 aromatic rings. The van der Waals surface area contributed by atoms with E-state index in [9.17, 15) is 8.42 Å². The average Bonchev–Trinajstić information content (AvgIpc) is 2.74. The Balaban J connectivity index is 2.08. The minimum Gasteiger partial charge on any atom is -0.377 e. The third-order valence-corrected chi connectivity index (χ3v) is 4.34. The molecule has 0 bridgehead atoms. The number of imidazole rings is 1. The summed E-state index contributed by atoms with van der Waals surface area (Å²) in [5.41, 5.74) is 5.80. The van der Waals surface area contributed by atoms with Crippen molar-refractivity contribution < 1.29 is 13.2 Å². The molecule has 1 fully saturated rings. The van der Waals surface area contributed by atoms with Crippen LogP contribution in [0.2, 0.25) is 0 Å². The van der Waals surface area contributed by atoms with Crippen LogP contribution in [0.15, 0.2) is 17.6 Å². The smallest absolute Gasteiger partial charge is 0.259 e. The van der Waals surface area contributed by atoms with Crippen molar-refractivity contribution >= 4 is 10.0 Å². The molecule has 2 rings (SSSR count). The number of aromatic nitrogens is 2. The molecule has 18 heavy (non-hydrogen) atoms. The van der Waals surface area contributed by atoms with Gasteiger partial charge in [-0.15, -0.1) is 0 Å². The summed E-state index contributed by atoms with van der Waals surface area (Å²) in [6, 6.07) is -0.586. The summed E-state index contributed by atoms with van der Waals surface area (Å²) in [6.07, 6.45) is 3.41. The average molecular weight is 274 g/mol. The van der Waals surface area contributed by atoms with Crippen LogP contribution in [0.4, 0.5) is 0 Å². The molecule has 3 N–H and O–H groups in total. The topological polar surface area (TPSA) is 99.2 Å². The standard InChI is InChI=1S/C10H18N4O3S/c1-3-17-8-4-7(11)10(8)13-18(15,16)9-5-14(2)6-12-9/h5-8,10,13H,3-4,11H2,1-2H3.